The zero-order valence-electron chi connectivity index (χ0n) is 15.3. The zero-order valence-corrected chi connectivity index (χ0v) is 15.3. The van der Waals surface area contributed by atoms with Gasteiger partial charge in [0.25, 0.3) is 11.8 Å². The molecule has 1 heterocycles. The molecule has 0 bridgehead atoms. The van der Waals surface area contributed by atoms with Crippen LogP contribution in [0.1, 0.15) is 23.2 Å². The molecule has 2 aromatic carbocycles. The normalized spacial score (nSPS) is 18.0. The minimum Gasteiger partial charge on any atom is -0.508 e. The minimum atomic E-state index is -1.16. The quantitative estimate of drug-likeness (QED) is 0.748. The largest absolute Gasteiger partial charge is 0.508 e. The highest BCUT2D eigenvalue weighted by atomic mass is 16.3. The van der Waals surface area contributed by atoms with E-state index in [1.54, 1.807) is 40.1 Å². The highest BCUT2D eigenvalue weighted by molar-refractivity contribution is 5.95. The van der Waals surface area contributed by atoms with Crippen molar-refractivity contribution in [1.29, 1.82) is 0 Å². The average molecular weight is 382 g/mol. The van der Waals surface area contributed by atoms with Gasteiger partial charge in [-0.15, -0.1) is 0 Å². The summed E-state index contributed by atoms with van der Waals surface area (Å²) in [6.45, 7) is 1.71. The lowest BCUT2D eigenvalue weighted by Crippen LogP contribution is -2.53. The lowest BCUT2D eigenvalue weighted by Gasteiger charge is -2.35. The molecule has 0 aromatic heterocycles. The molecule has 0 spiro atoms. The molecule has 0 atom stereocenters. The van der Waals surface area contributed by atoms with Crippen LogP contribution in [0.2, 0.25) is 0 Å². The van der Waals surface area contributed by atoms with E-state index in [0.29, 0.717) is 50.1 Å². The van der Waals surface area contributed by atoms with Crippen LogP contribution in [-0.2, 0) is 4.79 Å². The first kappa shape index (κ1) is 18.3. The van der Waals surface area contributed by atoms with Crippen molar-refractivity contribution in [3.63, 3.8) is 0 Å². The van der Waals surface area contributed by atoms with Gasteiger partial charge >= 0.3 is 0 Å². The van der Waals surface area contributed by atoms with Crippen molar-refractivity contribution in [3.8, 4) is 22.6 Å². The van der Waals surface area contributed by atoms with Gasteiger partial charge in [-0.1, -0.05) is 12.1 Å². The molecule has 2 fully saturated rings. The Balaban J connectivity index is 1.41. The van der Waals surface area contributed by atoms with Gasteiger partial charge in [0.05, 0.1) is 0 Å². The van der Waals surface area contributed by atoms with E-state index in [1.807, 2.05) is 0 Å². The van der Waals surface area contributed by atoms with Crippen LogP contribution in [-0.4, -0.2) is 68.7 Å². The Morgan fingerprint density at radius 1 is 0.857 bits per heavy atom. The number of piperazine rings is 1. The van der Waals surface area contributed by atoms with Gasteiger partial charge in [0, 0.05) is 43.4 Å². The number of carbonyl (C=O) groups excluding carboxylic acids is 2. The van der Waals surface area contributed by atoms with Crippen molar-refractivity contribution in [3.05, 3.63) is 48.0 Å². The molecule has 3 N–H and O–H groups in total. The number of benzene rings is 2. The lowest BCUT2D eigenvalue weighted by molar-refractivity contribution is -0.143. The number of hydrogen-bond donors (Lipinski definition) is 3. The van der Waals surface area contributed by atoms with Crippen molar-refractivity contribution in [1.82, 2.24) is 9.80 Å². The molecule has 146 valence electrons. The van der Waals surface area contributed by atoms with Gasteiger partial charge in [-0.25, -0.2) is 0 Å². The number of amides is 2. The summed E-state index contributed by atoms with van der Waals surface area (Å²) in [7, 11) is 0. The first-order valence-electron chi connectivity index (χ1n) is 9.31. The maximum Gasteiger partial charge on any atom is 0.254 e. The van der Waals surface area contributed by atoms with Crippen molar-refractivity contribution >= 4 is 11.8 Å². The Kier molecular flexibility index (Phi) is 4.47. The summed E-state index contributed by atoms with van der Waals surface area (Å²) in [5.74, 6) is -0.381. The third-order valence-corrected chi connectivity index (χ3v) is 5.40. The predicted molar refractivity (Wildman–Crippen MR) is 102 cm³/mol. The number of phenols is 2. The minimum absolute atomic E-state index is 0.0144. The molecule has 2 aromatic rings. The molecule has 2 amide bonds. The third kappa shape index (κ3) is 3.41. The standard InChI is InChI=1S/C21H22N2O5/c24-16-5-6-17(18(25)13-16)14-1-3-15(4-2-14)19(26)22-9-11-23(12-10-22)20(27)21(28)7-8-21/h1-6,13,24-25,28H,7-12H2. The van der Waals surface area contributed by atoms with Crippen LogP contribution in [0.3, 0.4) is 0 Å². The highest BCUT2D eigenvalue weighted by Crippen LogP contribution is 2.37. The molecule has 7 heteroatoms. The maximum absolute atomic E-state index is 12.7. The molecule has 1 aliphatic heterocycles. The Morgan fingerprint density at radius 2 is 1.46 bits per heavy atom. The van der Waals surface area contributed by atoms with Crippen LogP contribution in [0, 0.1) is 0 Å². The molecule has 1 saturated heterocycles. The fraction of sp³-hybridized carbons (Fsp3) is 0.333. The first-order chi connectivity index (χ1) is 13.4. The second-order valence-electron chi connectivity index (χ2n) is 7.39. The van der Waals surface area contributed by atoms with Gasteiger partial charge in [-0.3, -0.25) is 9.59 Å². The molecule has 2 aliphatic rings. The van der Waals surface area contributed by atoms with Gasteiger partial charge in [0.1, 0.15) is 17.1 Å². The molecule has 28 heavy (non-hydrogen) atoms. The van der Waals surface area contributed by atoms with E-state index in [-0.39, 0.29) is 23.3 Å². The van der Waals surface area contributed by atoms with E-state index in [9.17, 15) is 24.9 Å². The second kappa shape index (κ2) is 6.83. The summed E-state index contributed by atoms with van der Waals surface area (Å²) < 4.78 is 0. The van der Waals surface area contributed by atoms with E-state index in [1.165, 1.54) is 12.1 Å². The number of rotatable bonds is 3. The molecule has 4 rings (SSSR count). The summed E-state index contributed by atoms with van der Waals surface area (Å²) in [6, 6.07) is 11.3. The molecule has 0 radical (unpaired) electrons. The summed E-state index contributed by atoms with van der Waals surface area (Å²) >= 11 is 0. The van der Waals surface area contributed by atoms with E-state index in [4.69, 9.17) is 0 Å². The topological polar surface area (TPSA) is 101 Å². The Hall–Kier alpha value is -3.06. The fourth-order valence-electron chi connectivity index (χ4n) is 3.48. The van der Waals surface area contributed by atoms with Crippen LogP contribution < -0.4 is 0 Å². The molecule has 7 nitrogen and oxygen atoms in total. The lowest BCUT2D eigenvalue weighted by atomic mass is 10.0. The fourth-order valence-corrected chi connectivity index (χ4v) is 3.48. The number of phenolic OH excluding ortho intramolecular Hbond substituents is 2. The van der Waals surface area contributed by atoms with Crippen LogP contribution in [0.15, 0.2) is 42.5 Å². The predicted octanol–water partition coefficient (Wildman–Crippen LogP) is 1.57. The second-order valence-corrected chi connectivity index (χ2v) is 7.39. The molecule has 0 unspecified atom stereocenters. The number of carbonyl (C=O) groups is 2. The van der Waals surface area contributed by atoms with E-state index in [0.717, 1.165) is 5.56 Å². The van der Waals surface area contributed by atoms with E-state index < -0.39 is 5.60 Å². The van der Waals surface area contributed by atoms with Crippen molar-refractivity contribution in [2.24, 2.45) is 0 Å². The average Bonchev–Trinajstić information content (AvgIpc) is 3.46. The Morgan fingerprint density at radius 3 is 2.04 bits per heavy atom. The summed E-state index contributed by atoms with van der Waals surface area (Å²) in [4.78, 5) is 28.3. The number of aliphatic hydroxyl groups is 1. The number of nitrogens with zero attached hydrogens (tertiary/aromatic N) is 2. The maximum atomic E-state index is 12.7. The van der Waals surface area contributed by atoms with Crippen molar-refractivity contribution < 1.29 is 24.9 Å². The summed E-state index contributed by atoms with van der Waals surface area (Å²) in [6.07, 6.45) is 1.04. The molecule has 1 saturated carbocycles. The van der Waals surface area contributed by atoms with Crippen LogP contribution in [0.4, 0.5) is 0 Å². The first-order valence-corrected chi connectivity index (χ1v) is 9.31. The smallest absolute Gasteiger partial charge is 0.254 e. The molecular formula is C21H22N2O5. The highest BCUT2D eigenvalue weighted by Gasteiger charge is 2.50. The van der Waals surface area contributed by atoms with Gasteiger partial charge in [0.15, 0.2) is 0 Å². The zero-order chi connectivity index (χ0) is 19.9. The van der Waals surface area contributed by atoms with E-state index in [2.05, 4.69) is 0 Å². The van der Waals surface area contributed by atoms with E-state index >= 15 is 0 Å². The summed E-state index contributed by atoms with van der Waals surface area (Å²) in [5.41, 5.74) is 0.675. The number of aromatic hydroxyl groups is 2. The Labute approximate surface area is 162 Å². The Bertz CT molecular complexity index is 913. The monoisotopic (exact) mass is 382 g/mol. The van der Waals surface area contributed by atoms with Crippen LogP contribution in [0.5, 0.6) is 11.5 Å². The molecule has 1 aliphatic carbocycles. The van der Waals surface area contributed by atoms with Gasteiger partial charge in [0.2, 0.25) is 0 Å². The third-order valence-electron chi connectivity index (χ3n) is 5.40. The van der Waals surface area contributed by atoms with Crippen LogP contribution >= 0.6 is 0 Å². The SMILES string of the molecule is O=C(c1ccc(-c2ccc(O)cc2O)cc1)N1CCN(C(=O)C2(O)CC2)CC1. The van der Waals surface area contributed by atoms with Crippen molar-refractivity contribution in [2.45, 2.75) is 18.4 Å². The van der Waals surface area contributed by atoms with Gasteiger partial charge in [-0.2, -0.15) is 0 Å². The van der Waals surface area contributed by atoms with Crippen LogP contribution in [0.25, 0.3) is 11.1 Å². The van der Waals surface area contributed by atoms with Gasteiger partial charge < -0.3 is 25.1 Å². The van der Waals surface area contributed by atoms with Gasteiger partial charge in [-0.05, 0) is 42.7 Å². The number of hydrogen-bond acceptors (Lipinski definition) is 5. The molecular weight excluding hydrogens is 360 g/mol. The van der Waals surface area contributed by atoms with Crippen molar-refractivity contribution in [2.75, 3.05) is 26.2 Å². The summed E-state index contributed by atoms with van der Waals surface area (Å²) in [5, 5.41) is 29.3.